The van der Waals surface area contributed by atoms with Crippen LogP contribution in [0.2, 0.25) is 0 Å². The first-order valence-electron chi connectivity index (χ1n) is 9.74. The number of methoxy groups -OCH3 is 1. The maximum absolute atomic E-state index is 11.7. The third kappa shape index (κ3) is 4.93. The number of aryl methyl sites for hydroxylation is 2. The highest BCUT2D eigenvalue weighted by atomic mass is 79.9. The molecule has 0 amide bonds. The van der Waals surface area contributed by atoms with Crippen molar-refractivity contribution in [2.24, 2.45) is 7.05 Å². The zero-order valence-electron chi connectivity index (χ0n) is 17.2. The van der Waals surface area contributed by atoms with Crippen molar-refractivity contribution in [2.45, 2.75) is 51.6 Å². The molecule has 29 heavy (non-hydrogen) atoms. The molecular formula is C21H27BrN2O5. The molecule has 1 atom stereocenters. The van der Waals surface area contributed by atoms with Gasteiger partial charge in [0.05, 0.1) is 17.3 Å². The van der Waals surface area contributed by atoms with Crippen molar-refractivity contribution in [2.75, 3.05) is 13.7 Å². The van der Waals surface area contributed by atoms with Gasteiger partial charge < -0.3 is 19.3 Å². The Morgan fingerprint density at radius 1 is 1.38 bits per heavy atom. The van der Waals surface area contributed by atoms with Crippen LogP contribution >= 0.6 is 15.9 Å². The average molecular weight is 467 g/mol. The van der Waals surface area contributed by atoms with Crippen molar-refractivity contribution < 1.29 is 24.1 Å². The number of ether oxygens (including phenoxy) is 3. The van der Waals surface area contributed by atoms with Gasteiger partial charge in [-0.2, -0.15) is 5.10 Å². The first-order valence-corrected chi connectivity index (χ1v) is 10.5. The van der Waals surface area contributed by atoms with Gasteiger partial charge in [0.25, 0.3) is 0 Å². The summed E-state index contributed by atoms with van der Waals surface area (Å²) < 4.78 is 19.3. The van der Waals surface area contributed by atoms with Crippen LogP contribution in [-0.2, 0) is 23.0 Å². The van der Waals surface area contributed by atoms with Gasteiger partial charge >= 0.3 is 5.97 Å². The number of rotatable bonds is 9. The van der Waals surface area contributed by atoms with Gasteiger partial charge in [-0.05, 0) is 67.1 Å². The van der Waals surface area contributed by atoms with E-state index in [1.165, 1.54) is 7.11 Å². The fraction of sp³-hybridized carbons (Fsp3) is 0.524. The average Bonchev–Trinajstić information content (AvgIpc) is 3.49. The van der Waals surface area contributed by atoms with Gasteiger partial charge in [0.1, 0.15) is 11.5 Å². The number of halogens is 1. The molecular weight excluding hydrogens is 440 g/mol. The summed E-state index contributed by atoms with van der Waals surface area (Å²) in [6.45, 7) is 3.70. The van der Waals surface area contributed by atoms with E-state index in [-0.39, 0.29) is 6.61 Å². The van der Waals surface area contributed by atoms with Gasteiger partial charge in [-0.25, -0.2) is 9.48 Å². The lowest BCUT2D eigenvalue weighted by atomic mass is 10.1. The maximum atomic E-state index is 11.7. The molecule has 1 aromatic heterocycles. The highest BCUT2D eigenvalue weighted by molar-refractivity contribution is 9.10. The Labute approximate surface area is 179 Å². The van der Waals surface area contributed by atoms with E-state index in [2.05, 4.69) is 21.0 Å². The summed E-state index contributed by atoms with van der Waals surface area (Å²) >= 11 is 3.48. The number of hydrogen-bond donors (Lipinski definition) is 1. The van der Waals surface area contributed by atoms with Crippen LogP contribution in [0.5, 0.6) is 17.4 Å². The van der Waals surface area contributed by atoms with Crippen LogP contribution in [0.3, 0.4) is 0 Å². The third-order valence-corrected chi connectivity index (χ3v) is 5.56. The molecule has 1 fully saturated rings. The highest BCUT2D eigenvalue weighted by Crippen LogP contribution is 2.45. The van der Waals surface area contributed by atoms with Crippen LogP contribution in [0, 0.1) is 6.92 Å². The SMILES string of the molecule is COC(=O)[C@H](C)Oc1cc(Oc2c(CCCO)c(C3CC3)nn2C)c(C)cc1Br. The van der Waals surface area contributed by atoms with E-state index in [0.717, 1.165) is 34.1 Å². The van der Waals surface area contributed by atoms with E-state index >= 15 is 0 Å². The zero-order valence-corrected chi connectivity index (χ0v) is 18.8. The van der Waals surface area contributed by atoms with Crippen LogP contribution < -0.4 is 9.47 Å². The molecule has 1 aliphatic rings. The van der Waals surface area contributed by atoms with Gasteiger partial charge in [-0.1, -0.05) is 0 Å². The molecule has 1 N–H and O–H groups in total. The van der Waals surface area contributed by atoms with Crippen LogP contribution in [0.15, 0.2) is 16.6 Å². The molecule has 0 aliphatic heterocycles. The lowest BCUT2D eigenvalue weighted by Gasteiger charge is -2.17. The number of nitrogens with zero attached hydrogens (tertiary/aromatic N) is 2. The molecule has 0 spiro atoms. The van der Waals surface area contributed by atoms with Crippen molar-refractivity contribution in [3.63, 3.8) is 0 Å². The number of hydrogen-bond acceptors (Lipinski definition) is 6. The molecule has 2 aromatic rings. The topological polar surface area (TPSA) is 82.8 Å². The van der Waals surface area contributed by atoms with E-state index in [4.69, 9.17) is 14.2 Å². The van der Waals surface area contributed by atoms with Crippen LogP contribution in [0.4, 0.5) is 0 Å². The first kappa shape index (κ1) is 21.6. The highest BCUT2D eigenvalue weighted by Gasteiger charge is 2.32. The molecule has 0 unspecified atom stereocenters. The van der Waals surface area contributed by atoms with E-state index in [9.17, 15) is 9.90 Å². The largest absolute Gasteiger partial charge is 0.478 e. The Bertz CT molecular complexity index is 892. The minimum atomic E-state index is -0.745. The summed E-state index contributed by atoms with van der Waals surface area (Å²) in [4.78, 5) is 11.7. The molecule has 3 rings (SSSR count). The molecule has 1 saturated carbocycles. The summed E-state index contributed by atoms with van der Waals surface area (Å²) in [6.07, 6.45) is 2.91. The molecule has 1 heterocycles. The number of aliphatic hydroxyl groups excluding tert-OH is 1. The van der Waals surface area contributed by atoms with Gasteiger partial charge in [-0.15, -0.1) is 0 Å². The summed E-state index contributed by atoms with van der Waals surface area (Å²) in [5.74, 6) is 1.82. The predicted molar refractivity (Wildman–Crippen MR) is 112 cm³/mol. The fourth-order valence-electron chi connectivity index (χ4n) is 3.22. The molecule has 7 nitrogen and oxygen atoms in total. The molecule has 158 valence electrons. The predicted octanol–water partition coefficient (Wildman–Crippen LogP) is 4.03. The molecule has 1 aromatic carbocycles. The van der Waals surface area contributed by atoms with Crippen LogP contribution in [0.1, 0.15) is 48.9 Å². The standard InChI is InChI=1S/C21H27BrN2O5/c1-12-10-16(22)18(28-13(2)21(26)27-4)11-17(12)29-20-15(6-5-9-25)19(14-7-8-14)23-24(20)3/h10-11,13-14,25H,5-9H2,1-4H3/t13-/m0/s1. The number of carbonyl (C=O) groups excluding carboxylic acids is 1. The van der Waals surface area contributed by atoms with Gasteiger partial charge in [0.2, 0.25) is 5.88 Å². The van der Waals surface area contributed by atoms with Crippen molar-refractivity contribution in [3.8, 4) is 17.4 Å². The number of aliphatic hydroxyl groups is 1. The number of esters is 1. The second-order valence-corrected chi connectivity index (χ2v) is 8.18. The molecule has 0 bridgehead atoms. The van der Waals surface area contributed by atoms with Gasteiger partial charge in [-0.3, -0.25) is 0 Å². The van der Waals surface area contributed by atoms with Crippen molar-refractivity contribution in [1.29, 1.82) is 0 Å². The Hall–Kier alpha value is -2.06. The van der Waals surface area contributed by atoms with E-state index in [1.807, 2.05) is 20.0 Å². The van der Waals surface area contributed by atoms with Crippen LogP contribution in [-0.4, -0.2) is 40.7 Å². The second kappa shape index (κ2) is 9.17. The van der Waals surface area contributed by atoms with Gasteiger partial charge in [0, 0.05) is 31.2 Å². The fourth-order valence-corrected chi connectivity index (χ4v) is 3.77. The van der Waals surface area contributed by atoms with Crippen molar-refractivity contribution in [1.82, 2.24) is 9.78 Å². The van der Waals surface area contributed by atoms with Gasteiger partial charge in [0.15, 0.2) is 6.10 Å². The smallest absolute Gasteiger partial charge is 0.346 e. The first-order chi connectivity index (χ1) is 13.8. The molecule has 0 saturated heterocycles. The Morgan fingerprint density at radius 2 is 2.10 bits per heavy atom. The van der Waals surface area contributed by atoms with Crippen LogP contribution in [0.25, 0.3) is 0 Å². The number of carbonyl (C=O) groups is 1. The van der Waals surface area contributed by atoms with E-state index in [1.54, 1.807) is 17.7 Å². The monoisotopic (exact) mass is 466 g/mol. The van der Waals surface area contributed by atoms with Crippen molar-refractivity contribution >= 4 is 21.9 Å². The molecule has 0 radical (unpaired) electrons. The summed E-state index contributed by atoms with van der Waals surface area (Å²) in [6, 6.07) is 3.65. The normalized spacial score (nSPS) is 14.6. The van der Waals surface area contributed by atoms with Crippen molar-refractivity contribution in [3.05, 3.63) is 33.4 Å². The Morgan fingerprint density at radius 3 is 2.72 bits per heavy atom. The number of aromatic nitrogens is 2. The Kier molecular flexibility index (Phi) is 6.85. The maximum Gasteiger partial charge on any atom is 0.346 e. The number of benzene rings is 1. The molecule has 8 heteroatoms. The quantitative estimate of drug-likeness (QED) is 0.561. The van der Waals surface area contributed by atoms with E-state index < -0.39 is 12.1 Å². The summed E-state index contributed by atoms with van der Waals surface area (Å²) in [5, 5.41) is 14.0. The molecule has 1 aliphatic carbocycles. The zero-order chi connectivity index (χ0) is 21.1. The van der Waals surface area contributed by atoms with E-state index in [0.29, 0.717) is 36.1 Å². The summed E-state index contributed by atoms with van der Waals surface area (Å²) in [5.41, 5.74) is 3.04. The lowest BCUT2D eigenvalue weighted by Crippen LogP contribution is -2.25. The lowest BCUT2D eigenvalue weighted by molar-refractivity contribution is -0.147. The minimum absolute atomic E-state index is 0.124. The summed E-state index contributed by atoms with van der Waals surface area (Å²) in [7, 11) is 3.20. The second-order valence-electron chi connectivity index (χ2n) is 7.33. The Balaban J connectivity index is 1.91. The minimum Gasteiger partial charge on any atom is -0.478 e. The third-order valence-electron chi connectivity index (χ3n) is 4.94.